The van der Waals surface area contributed by atoms with E-state index < -0.39 is 0 Å². The Balaban J connectivity index is 2.24. The molecule has 1 saturated heterocycles. The molecule has 0 bridgehead atoms. The molecule has 1 unspecified atom stereocenters. The summed E-state index contributed by atoms with van der Waals surface area (Å²) in [5.41, 5.74) is 2.35. The maximum atomic E-state index is 4.22. The molecule has 0 spiro atoms. The lowest BCUT2D eigenvalue weighted by Gasteiger charge is -2.07. The summed E-state index contributed by atoms with van der Waals surface area (Å²) in [5, 5.41) is 11.8. The van der Waals surface area contributed by atoms with Crippen molar-refractivity contribution in [3.05, 3.63) is 11.4 Å². The molecule has 1 N–H and O–H groups in total. The van der Waals surface area contributed by atoms with Gasteiger partial charge >= 0.3 is 0 Å². The third kappa shape index (κ3) is 1.46. The van der Waals surface area contributed by atoms with Gasteiger partial charge in [0.2, 0.25) is 0 Å². The maximum Gasteiger partial charge on any atom is 0.102 e. The summed E-state index contributed by atoms with van der Waals surface area (Å²) >= 11 is 0. The second kappa shape index (κ2) is 3.46. The molecule has 1 aromatic heterocycles. The molecule has 4 heteroatoms. The van der Waals surface area contributed by atoms with Gasteiger partial charge in [0.25, 0.3) is 0 Å². The molecule has 4 nitrogen and oxygen atoms in total. The molecule has 1 atom stereocenters. The topological polar surface area (TPSA) is 42.7 Å². The van der Waals surface area contributed by atoms with Crippen LogP contribution in [0.25, 0.3) is 0 Å². The average molecular weight is 180 g/mol. The highest BCUT2D eigenvalue weighted by Crippen LogP contribution is 2.23. The molecule has 1 aromatic rings. The number of hydrogen-bond acceptors (Lipinski definition) is 3. The van der Waals surface area contributed by atoms with Gasteiger partial charge in [-0.1, -0.05) is 5.21 Å². The lowest BCUT2D eigenvalue weighted by Crippen LogP contribution is -2.14. The summed E-state index contributed by atoms with van der Waals surface area (Å²) in [7, 11) is 0. The molecule has 72 valence electrons. The lowest BCUT2D eigenvalue weighted by molar-refractivity contribution is 0.611. The molecule has 1 aliphatic rings. The third-order valence-corrected chi connectivity index (χ3v) is 2.71. The van der Waals surface area contributed by atoms with Crippen molar-refractivity contribution < 1.29 is 0 Å². The van der Waals surface area contributed by atoms with Crippen molar-refractivity contribution in [1.29, 1.82) is 0 Å². The minimum Gasteiger partial charge on any atom is -0.309 e. The smallest absolute Gasteiger partial charge is 0.102 e. The van der Waals surface area contributed by atoms with Crippen molar-refractivity contribution in [3.8, 4) is 0 Å². The van der Waals surface area contributed by atoms with Crippen LogP contribution in [0, 0.1) is 6.92 Å². The average Bonchev–Trinajstić information content (AvgIpc) is 2.72. The van der Waals surface area contributed by atoms with E-state index in [4.69, 9.17) is 0 Å². The van der Waals surface area contributed by atoms with Crippen LogP contribution in [0.1, 0.15) is 37.2 Å². The van der Waals surface area contributed by atoms with Crippen molar-refractivity contribution in [2.24, 2.45) is 0 Å². The zero-order valence-corrected chi connectivity index (χ0v) is 8.25. The summed E-state index contributed by atoms with van der Waals surface area (Å²) < 4.78 is 1.95. The molecule has 0 aromatic carbocycles. The fourth-order valence-electron chi connectivity index (χ4n) is 1.91. The zero-order valence-electron chi connectivity index (χ0n) is 8.25. The van der Waals surface area contributed by atoms with Gasteiger partial charge in [0.15, 0.2) is 0 Å². The van der Waals surface area contributed by atoms with Crippen molar-refractivity contribution in [2.75, 3.05) is 6.54 Å². The first-order valence-corrected chi connectivity index (χ1v) is 4.96. The third-order valence-electron chi connectivity index (χ3n) is 2.71. The van der Waals surface area contributed by atoms with E-state index in [2.05, 4.69) is 29.5 Å². The van der Waals surface area contributed by atoms with Gasteiger partial charge in [0.05, 0.1) is 11.7 Å². The largest absolute Gasteiger partial charge is 0.309 e. The van der Waals surface area contributed by atoms with Gasteiger partial charge in [-0.3, -0.25) is 0 Å². The minimum atomic E-state index is 0.445. The van der Waals surface area contributed by atoms with Crippen molar-refractivity contribution >= 4 is 0 Å². The van der Waals surface area contributed by atoms with E-state index in [0.717, 1.165) is 18.8 Å². The molecular formula is C9H16N4. The highest BCUT2D eigenvalue weighted by atomic mass is 15.4. The Morgan fingerprint density at radius 2 is 2.46 bits per heavy atom. The van der Waals surface area contributed by atoms with E-state index >= 15 is 0 Å². The Morgan fingerprint density at radius 1 is 1.62 bits per heavy atom. The summed E-state index contributed by atoms with van der Waals surface area (Å²) in [6, 6.07) is 0.445. The SMILES string of the molecule is CCn1nnc(C2CCCN2)c1C. The van der Waals surface area contributed by atoms with Gasteiger partial charge in [-0.25, -0.2) is 4.68 Å². The Labute approximate surface area is 78.3 Å². The van der Waals surface area contributed by atoms with Crippen molar-refractivity contribution in [2.45, 2.75) is 39.3 Å². The lowest BCUT2D eigenvalue weighted by atomic mass is 10.1. The van der Waals surface area contributed by atoms with E-state index in [9.17, 15) is 0 Å². The number of hydrogen-bond donors (Lipinski definition) is 1. The predicted octanol–water partition coefficient (Wildman–Crippen LogP) is 1.03. The van der Waals surface area contributed by atoms with Crippen LogP contribution >= 0.6 is 0 Å². The van der Waals surface area contributed by atoms with E-state index in [1.807, 2.05) is 4.68 Å². The number of rotatable bonds is 2. The van der Waals surface area contributed by atoms with Crippen LogP contribution in [0.15, 0.2) is 0 Å². The summed E-state index contributed by atoms with van der Waals surface area (Å²) in [6.07, 6.45) is 2.45. The Bertz CT molecular complexity index is 286. The summed E-state index contributed by atoms with van der Waals surface area (Å²) in [5.74, 6) is 0. The first-order chi connectivity index (χ1) is 6.33. The number of nitrogens with one attached hydrogen (secondary N) is 1. The van der Waals surface area contributed by atoms with Crippen LogP contribution in [0.4, 0.5) is 0 Å². The number of nitrogens with zero attached hydrogens (tertiary/aromatic N) is 3. The molecular weight excluding hydrogens is 164 g/mol. The standard InChI is InChI=1S/C9H16N4/c1-3-13-7(2)9(11-12-13)8-5-4-6-10-8/h8,10H,3-6H2,1-2H3. The Hall–Kier alpha value is -0.900. The van der Waals surface area contributed by atoms with Crippen LogP contribution in [0.2, 0.25) is 0 Å². The van der Waals surface area contributed by atoms with E-state index in [1.165, 1.54) is 18.5 Å². The van der Waals surface area contributed by atoms with Gasteiger partial charge in [0, 0.05) is 6.54 Å². The molecule has 0 aliphatic carbocycles. The second-order valence-corrected chi connectivity index (χ2v) is 3.52. The van der Waals surface area contributed by atoms with E-state index in [0.29, 0.717) is 6.04 Å². The van der Waals surface area contributed by atoms with Gasteiger partial charge < -0.3 is 5.32 Å². The van der Waals surface area contributed by atoms with Crippen LogP contribution in [-0.4, -0.2) is 21.5 Å². The van der Waals surface area contributed by atoms with E-state index in [-0.39, 0.29) is 0 Å². The highest BCUT2D eigenvalue weighted by Gasteiger charge is 2.21. The van der Waals surface area contributed by atoms with Crippen molar-refractivity contribution in [3.63, 3.8) is 0 Å². The Kier molecular flexibility index (Phi) is 2.31. The molecule has 13 heavy (non-hydrogen) atoms. The van der Waals surface area contributed by atoms with Gasteiger partial charge in [-0.05, 0) is 33.2 Å². The van der Waals surface area contributed by atoms with Crippen LogP contribution in [-0.2, 0) is 6.54 Å². The fraction of sp³-hybridized carbons (Fsp3) is 0.778. The van der Waals surface area contributed by atoms with E-state index in [1.54, 1.807) is 0 Å². The quantitative estimate of drug-likeness (QED) is 0.739. The van der Waals surface area contributed by atoms with Crippen LogP contribution < -0.4 is 5.32 Å². The molecule has 0 radical (unpaired) electrons. The number of aromatic nitrogens is 3. The first kappa shape index (κ1) is 8.69. The molecule has 0 amide bonds. The molecule has 1 fully saturated rings. The van der Waals surface area contributed by atoms with Gasteiger partial charge in [0.1, 0.15) is 5.69 Å². The number of aryl methyl sites for hydroxylation is 1. The molecule has 2 heterocycles. The first-order valence-electron chi connectivity index (χ1n) is 4.96. The molecule has 2 rings (SSSR count). The molecule has 0 saturated carbocycles. The predicted molar refractivity (Wildman–Crippen MR) is 50.4 cm³/mol. The van der Waals surface area contributed by atoms with Crippen LogP contribution in [0.5, 0.6) is 0 Å². The van der Waals surface area contributed by atoms with Crippen LogP contribution in [0.3, 0.4) is 0 Å². The van der Waals surface area contributed by atoms with Gasteiger partial charge in [-0.15, -0.1) is 5.10 Å². The zero-order chi connectivity index (χ0) is 9.26. The molecule has 1 aliphatic heterocycles. The van der Waals surface area contributed by atoms with Gasteiger partial charge in [-0.2, -0.15) is 0 Å². The fourth-order valence-corrected chi connectivity index (χ4v) is 1.91. The summed E-state index contributed by atoms with van der Waals surface area (Å²) in [6.45, 7) is 6.21. The second-order valence-electron chi connectivity index (χ2n) is 3.52. The highest BCUT2D eigenvalue weighted by molar-refractivity contribution is 5.13. The normalized spacial score (nSPS) is 22.5. The maximum absolute atomic E-state index is 4.22. The van der Waals surface area contributed by atoms with Crippen molar-refractivity contribution in [1.82, 2.24) is 20.3 Å². The summed E-state index contributed by atoms with van der Waals surface area (Å²) in [4.78, 5) is 0. The minimum absolute atomic E-state index is 0.445. The Morgan fingerprint density at radius 3 is 3.00 bits per heavy atom. The monoisotopic (exact) mass is 180 g/mol.